The average Bonchev–Trinajstić information content (AvgIpc) is 2.36. The van der Waals surface area contributed by atoms with E-state index in [-0.39, 0.29) is 0 Å². The van der Waals surface area contributed by atoms with Crippen LogP contribution >= 0.6 is 11.3 Å². The molecule has 0 atom stereocenters. The van der Waals surface area contributed by atoms with Gasteiger partial charge in [0.15, 0.2) is 8.32 Å². The quantitative estimate of drug-likeness (QED) is 0.679. The summed E-state index contributed by atoms with van der Waals surface area (Å²) in [6, 6.07) is 4.26. The van der Waals surface area contributed by atoms with Crippen LogP contribution in [0.3, 0.4) is 0 Å². The molecule has 0 saturated heterocycles. The van der Waals surface area contributed by atoms with Gasteiger partial charge >= 0.3 is 0 Å². The Morgan fingerprint density at radius 2 is 2.17 bits per heavy atom. The maximum Gasteiger partial charge on any atom is 0.183 e. The van der Waals surface area contributed by atoms with Crippen LogP contribution in [0.5, 0.6) is 0 Å². The third-order valence-electron chi connectivity index (χ3n) is 1.46. The summed E-state index contributed by atoms with van der Waals surface area (Å²) in [7, 11) is -1.29. The second kappa shape index (κ2) is 4.21. The molecule has 0 fully saturated rings. The molecule has 0 aromatic carbocycles. The van der Waals surface area contributed by atoms with Gasteiger partial charge < -0.3 is 4.43 Å². The third kappa shape index (κ3) is 4.04. The first-order chi connectivity index (χ1) is 5.58. The molecular weight excluding hydrogens is 184 g/mol. The van der Waals surface area contributed by atoms with Crippen molar-refractivity contribution in [1.82, 2.24) is 0 Å². The summed E-state index contributed by atoms with van der Waals surface area (Å²) in [5.74, 6) is 0. The summed E-state index contributed by atoms with van der Waals surface area (Å²) < 4.78 is 5.75. The largest absolute Gasteiger partial charge is 0.417 e. The van der Waals surface area contributed by atoms with Crippen LogP contribution in [0.1, 0.15) is 4.88 Å². The maximum atomic E-state index is 5.75. The lowest BCUT2D eigenvalue weighted by atomic mass is 10.4. The lowest BCUT2D eigenvalue weighted by Crippen LogP contribution is -2.26. The molecule has 1 nitrogen and oxygen atoms in total. The smallest absolute Gasteiger partial charge is 0.183 e. The van der Waals surface area contributed by atoms with Crippen molar-refractivity contribution < 1.29 is 4.43 Å². The minimum absolute atomic E-state index is 0.885. The first-order valence-electron chi connectivity index (χ1n) is 4.24. The second-order valence-corrected chi connectivity index (χ2v) is 9.34. The van der Waals surface area contributed by atoms with Gasteiger partial charge in [0, 0.05) is 17.9 Å². The molecule has 1 heterocycles. The standard InChI is InChI=1S/C9H16OSSi/c1-12(2,3)10-7-6-9-5-4-8-11-9/h4-5,8H,6-7H2,1-3H3. The van der Waals surface area contributed by atoms with E-state index < -0.39 is 8.32 Å². The molecule has 3 heteroatoms. The van der Waals surface area contributed by atoms with Crippen LogP contribution in [-0.4, -0.2) is 14.9 Å². The fraction of sp³-hybridized carbons (Fsp3) is 0.556. The second-order valence-electron chi connectivity index (χ2n) is 3.79. The van der Waals surface area contributed by atoms with E-state index in [9.17, 15) is 0 Å². The SMILES string of the molecule is C[Si](C)(C)OCCc1cccs1. The Kier molecular flexibility index (Phi) is 3.49. The number of thiophene rings is 1. The predicted molar refractivity (Wildman–Crippen MR) is 57.3 cm³/mol. The highest BCUT2D eigenvalue weighted by Gasteiger charge is 2.13. The fourth-order valence-electron chi connectivity index (χ4n) is 0.913. The first kappa shape index (κ1) is 9.96. The van der Waals surface area contributed by atoms with Crippen molar-refractivity contribution in [2.24, 2.45) is 0 Å². The van der Waals surface area contributed by atoms with E-state index in [1.54, 1.807) is 0 Å². The number of rotatable bonds is 4. The minimum atomic E-state index is -1.29. The molecule has 0 spiro atoms. The Balaban J connectivity index is 2.20. The Hall–Kier alpha value is -0.123. The van der Waals surface area contributed by atoms with Crippen LogP contribution < -0.4 is 0 Å². The molecule has 0 N–H and O–H groups in total. The van der Waals surface area contributed by atoms with Gasteiger partial charge in [-0.15, -0.1) is 11.3 Å². The normalized spacial score (nSPS) is 11.9. The lowest BCUT2D eigenvalue weighted by Gasteiger charge is -2.16. The van der Waals surface area contributed by atoms with Gasteiger partial charge in [-0.1, -0.05) is 6.07 Å². The maximum absolute atomic E-state index is 5.75. The zero-order chi connectivity index (χ0) is 9.03. The van der Waals surface area contributed by atoms with Crippen LogP contribution in [0.15, 0.2) is 17.5 Å². The molecule has 1 aromatic heterocycles. The van der Waals surface area contributed by atoms with Crippen LogP contribution in [-0.2, 0) is 10.8 Å². The zero-order valence-corrected chi connectivity index (χ0v) is 9.78. The van der Waals surface area contributed by atoms with Gasteiger partial charge in [-0.05, 0) is 31.1 Å². The molecule has 0 radical (unpaired) electrons. The Morgan fingerprint density at radius 1 is 1.42 bits per heavy atom. The molecule has 1 rings (SSSR count). The van der Waals surface area contributed by atoms with Crippen LogP contribution in [0.4, 0.5) is 0 Å². The summed E-state index contributed by atoms with van der Waals surface area (Å²) in [5, 5.41) is 2.11. The van der Waals surface area contributed by atoms with Crippen molar-refractivity contribution in [3.63, 3.8) is 0 Å². The molecule has 0 amide bonds. The molecule has 12 heavy (non-hydrogen) atoms. The number of hydrogen-bond acceptors (Lipinski definition) is 2. The minimum Gasteiger partial charge on any atom is -0.417 e. The van der Waals surface area contributed by atoms with E-state index >= 15 is 0 Å². The van der Waals surface area contributed by atoms with Gasteiger partial charge in [-0.2, -0.15) is 0 Å². The highest BCUT2D eigenvalue weighted by Crippen LogP contribution is 2.10. The van der Waals surface area contributed by atoms with Gasteiger partial charge in [0.25, 0.3) is 0 Å². The van der Waals surface area contributed by atoms with E-state index in [4.69, 9.17) is 4.43 Å². The van der Waals surface area contributed by atoms with Crippen LogP contribution in [0.2, 0.25) is 19.6 Å². The summed E-state index contributed by atoms with van der Waals surface area (Å²) in [5.41, 5.74) is 0. The van der Waals surface area contributed by atoms with E-state index in [0.717, 1.165) is 13.0 Å². The Morgan fingerprint density at radius 3 is 2.67 bits per heavy atom. The zero-order valence-electron chi connectivity index (χ0n) is 7.96. The number of hydrogen-bond donors (Lipinski definition) is 0. The van der Waals surface area contributed by atoms with Crippen molar-refractivity contribution in [1.29, 1.82) is 0 Å². The predicted octanol–water partition coefficient (Wildman–Crippen LogP) is 3.14. The average molecular weight is 200 g/mol. The Labute approximate surface area is 79.5 Å². The molecule has 0 bridgehead atoms. The van der Waals surface area contributed by atoms with Crippen molar-refractivity contribution in [3.05, 3.63) is 22.4 Å². The summed E-state index contributed by atoms with van der Waals surface area (Å²) >= 11 is 1.81. The van der Waals surface area contributed by atoms with Gasteiger partial charge in [-0.25, -0.2) is 0 Å². The molecule has 1 aromatic rings. The van der Waals surface area contributed by atoms with Crippen LogP contribution in [0.25, 0.3) is 0 Å². The topological polar surface area (TPSA) is 9.23 Å². The van der Waals surface area contributed by atoms with E-state index in [0.29, 0.717) is 0 Å². The van der Waals surface area contributed by atoms with Crippen molar-refractivity contribution >= 4 is 19.7 Å². The fourth-order valence-corrected chi connectivity index (χ4v) is 2.32. The van der Waals surface area contributed by atoms with Gasteiger partial charge in [-0.3, -0.25) is 0 Å². The first-order valence-corrected chi connectivity index (χ1v) is 8.53. The molecular formula is C9H16OSSi. The molecule has 68 valence electrons. The molecule has 0 unspecified atom stereocenters. The Bertz CT molecular complexity index is 213. The van der Waals surface area contributed by atoms with Gasteiger partial charge in [0.05, 0.1) is 0 Å². The molecule has 0 saturated carbocycles. The van der Waals surface area contributed by atoms with Crippen molar-refractivity contribution in [2.75, 3.05) is 6.61 Å². The monoisotopic (exact) mass is 200 g/mol. The van der Waals surface area contributed by atoms with E-state index in [1.807, 2.05) is 11.3 Å². The summed E-state index contributed by atoms with van der Waals surface area (Å²) in [6.45, 7) is 7.56. The molecule has 0 aliphatic heterocycles. The molecule has 0 aliphatic carbocycles. The molecule has 0 aliphatic rings. The highest BCUT2D eigenvalue weighted by molar-refractivity contribution is 7.09. The highest BCUT2D eigenvalue weighted by atomic mass is 32.1. The van der Waals surface area contributed by atoms with E-state index in [2.05, 4.69) is 37.2 Å². The lowest BCUT2D eigenvalue weighted by molar-refractivity contribution is 0.317. The van der Waals surface area contributed by atoms with Crippen LogP contribution in [0, 0.1) is 0 Å². The van der Waals surface area contributed by atoms with Crippen molar-refractivity contribution in [2.45, 2.75) is 26.1 Å². The third-order valence-corrected chi connectivity index (χ3v) is 3.47. The summed E-state index contributed by atoms with van der Waals surface area (Å²) in [4.78, 5) is 1.42. The van der Waals surface area contributed by atoms with Crippen molar-refractivity contribution in [3.8, 4) is 0 Å². The van der Waals surface area contributed by atoms with E-state index in [1.165, 1.54) is 4.88 Å². The van der Waals surface area contributed by atoms with Gasteiger partial charge in [0.1, 0.15) is 0 Å². The van der Waals surface area contributed by atoms with Gasteiger partial charge in [0.2, 0.25) is 0 Å². The summed E-state index contributed by atoms with van der Waals surface area (Å²) in [6.07, 6.45) is 1.07.